The van der Waals surface area contributed by atoms with Crippen molar-refractivity contribution in [2.45, 2.75) is 0 Å². The van der Waals surface area contributed by atoms with Crippen LogP contribution in [0.4, 0.5) is 0 Å². The lowest BCUT2D eigenvalue weighted by molar-refractivity contribution is -0.113. The van der Waals surface area contributed by atoms with Crippen LogP contribution in [0.2, 0.25) is 10.0 Å². The summed E-state index contributed by atoms with van der Waals surface area (Å²) in [6, 6.07) is 3.22. The Morgan fingerprint density at radius 3 is 2.72 bits per heavy atom. The Balaban J connectivity index is 2.47. The van der Waals surface area contributed by atoms with Crippen LogP contribution in [0.5, 0.6) is 5.75 Å². The van der Waals surface area contributed by atoms with Crippen LogP contribution in [0, 0.1) is 0 Å². The predicted molar refractivity (Wildman–Crippen MR) is 75.2 cm³/mol. The maximum absolute atomic E-state index is 11.5. The Kier molecular flexibility index (Phi) is 3.85. The van der Waals surface area contributed by atoms with E-state index in [1.807, 2.05) is 0 Å². The fourth-order valence-electron chi connectivity index (χ4n) is 1.47. The van der Waals surface area contributed by atoms with Crippen molar-refractivity contribution in [3.63, 3.8) is 0 Å². The number of benzene rings is 1. The molecule has 0 spiro atoms. The number of hydrogen-bond acceptors (Lipinski definition) is 4. The average Bonchev–Trinajstić information content (AvgIpc) is 2.57. The number of nitrogens with two attached hydrogens (primary N) is 1. The van der Waals surface area contributed by atoms with Crippen LogP contribution in [-0.4, -0.2) is 18.2 Å². The molecule has 7 heteroatoms. The number of rotatable bonds is 2. The number of ether oxygens (including phenoxy) is 1. The van der Waals surface area contributed by atoms with E-state index in [2.05, 4.69) is 4.99 Å². The molecule has 1 amide bonds. The normalized spacial score (nSPS) is 17.2. The van der Waals surface area contributed by atoms with Gasteiger partial charge < -0.3 is 10.5 Å². The van der Waals surface area contributed by atoms with Gasteiger partial charge in [0.1, 0.15) is 5.75 Å². The molecule has 18 heavy (non-hydrogen) atoms. The zero-order valence-corrected chi connectivity index (χ0v) is 11.6. The van der Waals surface area contributed by atoms with Crippen LogP contribution in [0.25, 0.3) is 6.08 Å². The van der Waals surface area contributed by atoms with Crippen LogP contribution in [-0.2, 0) is 4.79 Å². The Morgan fingerprint density at radius 1 is 1.44 bits per heavy atom. The molecule has 0 atom stereocenters. The van der Waals surface area contributed by atoms with E-state index in [0.29, 0.717) is 26.3 Å². The van der Waals surface area contributed by atoms with Gasteiger partial charge in [0.25, 0.3) is 5.91 Å². The molecule has 0 fully saturated rings. The topological polar surface area (TPSA) is 64.7 Å². The smallest absolute Gasteiger partial charge is 0.286 e. The quantitative estimate of drug-likeness (QED) is 0.853. The summed E-state index contributed by atoms with van der Waals surface area (Å²) in [6.07, 6.45) is 1.60. The maximum atomic E-state index is 11.5. The molecule has 2 rings (SSSR count). The highest BCUT2D eigenvalue weighted by Gasteiger charge is 2.20. The first kappa shape index (κ1) is 13.3. The molecule has 94 valence electrons. The molecule has 0 saturated heterocycles. The van der Waals surface area contributed by atoms with Gasteiger partial charge in [-0.3, -0.25) is 4.79 Å². The van der Waals surface area contributed by atoms with E-state index in [0.717, 1.165) is 11.8 Å². The standard InChI is InChI=1S/C11H8Cl2N2O2S/c1-17-9-5(2-6(12)4-7(9)13)3-8-10(16)15-11(14)18-8/h2-4H,1H3,(H2,14,15,16). The molecule has 0 aromatic heterocycles. The molecule has 0 saturated carbocycles. The molecule has 1 aliphatic heterocycles. The number of hydrogen-bond donors (Lipinski definition) is 1. The number of nitrogens with zero attached hydrogens (tertiary/aromatic N) is 1. The van der Waals surface area contributed by atoms with Gasteiger partial charge in [-0.15, -0.1) is 0 Å². The van der Waals surface area contributed by atoms with E-state index >= 15 is 0 Å². The van der Waals surface area contributed by atoms with Gasteiger partial charge in [-0.2, -0.15) is 4.99 Å². The minimum atomic E-state index is -0.379. The van der Waals surface area contributed by atoms with Crippen molar-refractivity contribution < 1.29 is 9.53 Å². The van der Waals surface area contributed by atoms with Crippen LogP contribution < -0.4 is 10.5 Å². The first-order chi connectivity index (χ1) is 8.51. The van der Waals surface area contributed by atoms with Crippen LogP contribution in [0.3, 0.4) is 0 Å². The van der Waals surface area contributed by atoms with Crippen molar-refractivity contribution >= 4 is 52.1 Å². The number of thioether (sulfide) groups is 1. The maximum Gasteiger partial charge on any atom is 0.286 e. The summed E-state index contributed by atoms with van der Waals surface area (Å²) in [7, 11) is 1.49. The highest BCUT2D eigenvalue weighted by molar-refractivity contribution is 8.18. The predicted octanol–water partition coefficient (Wildman–Crippen LogP) is 2.93. The summed E-state index contributed by atoms with van der Waals surface area (Å²) < 4.78 is 5.18. The lowest BCUT2D eigenvalue weighted by atomic mass is 10.2. The first-order valence-corrected chi connectivity index (χ1v) is 6.39. The van der Waals surface area contributed by atoms with Crippen molar-refractivity contribution in [2.75, 3.05) is 7.11 Å². The third-order valence-electron chi connectivity index (χ3n) is 2.16. The van der Waals surface area contributed by atoms with Crippen LogP contribution in [0.1, 0.15) is 5.56 Å². The lowest BCUT2D eigenvalue weighted by Gasteiger charge is -2.08. The molecule has 1 heterocycles. The van der Waals surface area contributed by atoms with Crippen molar-refractivity contribution in [2.24, 2.45) is 10.7 Å². The molecule has 2 N–H and O–H groups in total. The highest BCUT2D eigenvalue weighted by atomic mass is 35.5. The van der Waals surface area contributed by atoms with E-state index < -0.39 is 0 Å². The van der Waals surface area contributed by atoms with E-state index in [1.54, 1.807) is 18.2 Å². The summed E-state index contributed by atoms with van der Waals surface area (Å²) in [5.74, 6) is 0.0723. The summed E-state index contributed by atoms with van der Waals surface area (Å²) in [4.78, 5) is 15.5. The lowest BCUT2D eigenvalue weighted by Crippen LogP contribution is -2.01. The molecule has 1 aliphatic rings. The highest BCUT2D eigenvalue weighted by Crippen LogP contribution is 2.35. The average molecular weight is 303 g/mol. The largest absolute Gasteiger partial charge is 0.495 e. The molecule has 0 aliphatic carbocycles. The van der Waals surface area contributed by atoms with E-state index in [4.69, 9.17) is 33.7 Å². The van der Waals surface area contributed by atoms with E-state index in [1.165, 1.54) is 7.11 Å². The molecule has 0 bridgehead atoms. The second kappa shape index (κ2) is 5.22. The summed E-state index contributed by atoms with van der Waals surface area (Å²) >= 11 is 13.0. The number of amidine groups is 1. The number of amides is 1. The van der Waals surface area contributed by atoms with Crippen LogP contribution >= 0.6 is 35.0 Å². The van der Waals surface area contributed by atoms with Gasteiger partial charge in [-0.05, 0) is 30.0 Å². The molecule has 1 aromatic rings. The molecule has 0 unspecified atom stereocenters. The van der Waals surface area contributed by atoms with Gasteiger partial charge in [0.2, 0.25) is 0 Å². The fourth-order valence-corrected chi connectivity index (χ4v) is 2.73. The Morgan fingerprint density at radius 2 is 2.17 bits per heavy atom. The zero-order valence-electron chi connectivity index (χ0n) is 9.24. The number of carbonyl (C=O) groups is 1. The van der Waals surface area contributed by atoms with Gasteiger partial charge in [-0.25, -0.2) is 0 Å². The molecule has 4 nitrogen and oxygen atoms in total. The van der Waals surface area contributed by atoms with Gasteiger partial charge in [0.15, 0.2) is 5.17 Å². The molecular weight excluding hydrogens is 295 g/mol. The Bertz CT molecular complexity index is 585. The van der Waals surface area contributed by atoms with Crippen molar-refractivity contribution in [3.05, 3.63) is 32.6 Å². The van der Waals surface area contributed by atoms with Crippen molar-refractivity contribution in [1.82, 2.24) is 0 Å². The minimum absolute atomic E-state index is 0.221. The number of methoxy groups -OCH3 is 1. The van der Waals surface area contributed by atoms with Crippen molar-refractivity contribution in [1.29, 1.82) is 0 Å². The number of halogens is 2. The fraction of sp³-hybridized carbons (Fsp3) is 0.0909. The first-order valence-electron chi connectivity index (χ1n) is 4.82. The third kappa shape index (κ3) is 2.63. The number of aliphatic imine (C=N–C) groups is 1. The second-order valence-corrected chi connectivity index (χ2v) is 5.28. The van der Waals surface area contributed by atoms with Gasteiger partial charge in [0, 0.05) is 10.6 Å². The van der Waals surface area contributed by atoms with E-state index in [9.17, 15) is 4.79 Å². The van der Waals surface area contributed by atoms with Crippen molar-refractivity contribution in [3.8, 4) is 5.75 Å². The minimum Gasteiger partial charge on any atom is -0.495 e. The van der Waals surface area contributed by atoms with Gasteiger partial charge in [-0.1, -0.05) is 23.2 Å². The monoisotopic (exact) mass is 302 g/mol. The number of carbonyl (C=O) groups excluding carboxylic acids is 1. The SMILES string of the molecule is COc1c(Cl)cc(Cl)cc1C=C1SC(N)=NC1=O. The summed E-state index contributed by atoms with van der Waals surface area (Å²) in [6.45, 7) is 0. The Hall–Kier alpha value is -1.17. The molecule has 1 aromatic carbocycles. The van der Waals surface area contributed by atoms with E-state index in [-0.39, 0.29) is 11.1 Å². The zero-order chi connectivity index (χ0) is 13.3. The summed E-state index contributed by atoms with van der Waals surface area (Å²) in [5.41, 5.74) is 6.07. The molecular formula is C11H8Cl2N2O2S. The summed E-state index contributed by atoms with van der Waals surface area (Å²) in [5, 5.41) is 1.05. The Labute approximate surface area is 118 Å². The van der Waals surface area contributed by atoms with Crippen LogP contribution in [0.15, 0.2) is 22.0 Å². The molecule has 0 radical (unpaired) electrons. The van der Waals surface area contributed by atoms with Gasteiger partial charge >= 0.3 is 0 Å². The second-order valence-electron chi connectivity index (χ2n) is 3.38. The van der Waals surface area contributed by atoms with Gasteiger partial charge in [0.05, 0.1) is 17.0 Å². The third-order valence-corrected chi connectivity index (χ3v) is 3.48.